The van der Waals surface area contributed by atoms with E-state index in [1.165, 1.54) is 31.2 Å². The molecule has 0 radical (unpaired) electrons. The largest absolute Gasteiger partial charge is 0.377 e. The van der Waals surface area contributed by atoms with Crippen molar-refractivity contribution in [2.45, 2.75) is 50.8 Å². The van der Waals surface area contributed by atoms with Crippen molar-refractivity contribution >= 4 is 29.9 Å². The average Bonchev–Trinajstić information content (AvgIpc) is 3.35. The predicted octanol–water partition coefficient (Wildman–Crippen LogP) is 3.67. The zero-order valence-electron chi connectivity index (χ0n) is 17.0. The molecule has 0 bridgehead atoms. The molecular formula is C22H30IN5O. The Balaban J connectivity index is 0.00000205. The number of benzene rings is 1. The Morgan fingerprint density at radius 2 is 2.21 bits per heavy atom. The molecule has 2 aromatic rings. The number of nitrogens with zero attached hydrogens (tertiary/aromatic N) is 3. The summed E-state index contributed by atoms with van der Waals surface area (Å²) in [7, 11) is 1.86. The lowest BCUT2D eigenvalue weighted by atomic mass is 9.46. The van der Waals surface area contributed by atoms with Crippen molar-refractivity contribution in [3.8, 4) is 5.69 Å². The van der Waals surface area contributed by atoms with Gasteiger partial charge >= 0.3 is 0 Å². The maximum Gasteiger partial charge on any atom is 0.191 e. The molecule has 1 saturated heterocycles. The summed E-state index contributed by atoms with van der Waals surface area (Å²) in [6, 6.07) is 11.1. The highest BCUT2D eigenvalue weighted by Crippen LogP contribution is 2.62. The molecule has 1 aromatic heterocycles. The van der Waals surface area contributed by atoms with Crippen LogP contribution in [0.15, 0.2) is 47.7 Å². The number of aromatic nitrogens is 2. The second-order valence-electron chi connectivity index (χ2n) is 8.44. The zero-order valence-corrected chi connectivity index (χ0v) is 19.4. The van der Waals surface area contributed by atoms with Gasteiger partial charge in [-0.1, -0.05) is 18.6 Å². The number of ether oxygens (including phenoxy) is 1. The highest BCUT2D eigenvalue weighted by molar-refractivity contribution is 14.0. The van der Waals surface area contributed by atoms with Crippen LogP contribution in [0.1, 0.15) is 44.2 Å². The Kier molecular flexibility index (Phi) is 5.88. The van der Waals surface area contributed by atoms with Crippen LogP contribution in [0.4, 0.5) is 0 Å². The Hall–Kier alpha value is -1.61. The molecule has 1 spiro atoms. The number of hydrogen-bond donors (Lipinski definition) is 2. The van der Waals surface area contributed by atoms with Crippen LogP contribution in [-0.4, -0.2) is 41.5 Å². The number of halogens is 1. The van der Waals surface area contributed by atoms with Gasteiger partial charge in [0.2, 0.25) is 0 Å². The SMILES string of the molecule is CN=C(NC(C)c1cccc(-n2cccn2)c1)NC1C2CCOC2C12CCC2.I. The van der Waals surface area contributed by atoms with Gasteiger partial charge in [-0.25, -0.2) is 4.68 Å². The van der Waals surface area contributed by atoms with E-state index >= 15 is 0 Å². The normalized spacial score (nSPS) is 27.9. The average molecular weight is 507 g/mol. The van der Waals surface area contributed by atoms with Crippen LogP contribution < -0.4 is 10.6 Å². The molecule has 1 aromatic carbocycles. The molecule has 2 N–H and O–H groups in total. The molecule has 6 nitrogen and oxygen atoms in total. The summed E-state index contributed by atoms with van der Waals surface area (Å²) < 4.78 is 7.93. The van der Waals surface area contributed by atoms with E-state index in [-0.39, 0.29) is 30.0 Å². The molecule has 156 valence electrons. The fourth-order valence-electron chi connectivity index (χ4n) is 5.42. The molecular weight excluding hydrogens is 477 g/mol. The van der Waals surface area contributed by atoms with E-state index in [9.17, 15) is 0 Å². The van der Waals surface area contributed by atoms with Crippen LogP contribution >= 0.6 is 24.0 Å². The maximum atomic E-state index is 6.05. The second-order valence-corrected chi connectivity index (χ2v) is 8.44. The number of aliphatic imine (C=N–C) groups is 1. The summed E-state index contributed by atoms with van der Waals surface area (Å²) >= 11 is 0. The molecule has 3 fully saturated rings. The Morgan fingerprint density at radius 1 is 1.34 bits per heavy atom. The minimum Gasteiger partial charge on any atom is -0.377 e. The van der Waals surface area contributed by atoms with Crippen LogP contribution in [0.3, 0.4) is 0 Å². The van der Waals surface area contributed by atoms with Gasteiger partial charge in [0, 0.05) is 43.4 Å². The van der Waals surface area contributed by atoms with Crippen molar-refractivity contribution in [2.24, 2.45) is 16.3 Å². The van der Waals surface area contributed by atoms with Gasteiger partial charge in [0.15, 0.2) is 5.96 Å². The van der Waals surface area contributed by atoms with E-state index in [1.807, 2.05) is 24.0 Å². The first kappa shape index (κ1) is 20.7. The third kappa shape index (κ3) is 3.46. The van der Waals surface area contributed by atoms with Crippen LogP contribution in [0.2, 0.25) is 0 Å². The molecule has 1 aliphatic heterocycles. The molecule has 2 saturated carbocycles. The number of hydrogen-bond acceptors (Lipinski definition) is 3. The first-order valence-electron chi connectivity index (χ1n) is 10.4. The monoisotopic (exact) mass is 507 g/mol. The third-order valence-electron chi connectivity index (χ3n) is 7.04. The van der Waals surface area contributed by atoms with Gasteiger partial charge < -0.3 is 15.4 Å². The van der Waals surface area contributed by atoms with Crippen molar-refractivity contribution < 1.29 is 4.74 Å². The van der Waals surface area contributed by atoms with Gasteiger partial charge in [0.25, 0.3) is 0 Å². The molecule has 29 heavy (non-hydrogen) atoms. The molecule has 2 aliphatic carbocycles. The van der Waals surface area contributed by atoms with Crippen LogP contribution in [-0.2, 0) is 4.74 Å². The van der Waals surface area contributed by atoms with Gasteiger partial charge in [0.05, 0.1) is 17.8 Å². The van der Waals surface area contributed by atoms with E-state index in [0.29, 0.717) is 23.5 Å². The molecule has 7 heteroatoms. The first-order valence-corrected chi connectivity index (χ1v) is 10.4. The molecule has 4 atom stereocenters. The molecule has 2 heterocycles. The summed E-state index contributed by atoms with van der Waals surface area (Å²) in [6.45, 7) is 3.09. The van der Waals surface area contributed by atoms with Gasteiger partial charge in [0.1, 0.15) is 0 Å². The minimum atomic E-state index is 0. The molecule has 0 amide bonds. The summed E-state index contributed by atoms with van der Waals surface area (Å²) in [5.41, 5.74) is 2.63. The lowest BCUT2D eigenvalue weighted by Gasteiger charge is -2.63. The van der Waals surface area contributed by atoms with Crippen LogP contribution in [0.5, 0.6) is 0 Å². The van der Waals surface area contributed by atoms with Gasteiger partial charge in [-0.05, 0) is 49.9 Å². The summed E-state index contributed by atoms with van der Waals surface area (Å²) in [6.07, 6.45) is 9.30. The van der Waals surface area contributed by atoms with Gasteiger partial charge in [-0.2, -0.15) is 5.10 Å². The fraction of sp³-hybridized carbons (Fsp3) is 0.545. The Morgan fingerprint density at radius 3 is 2.90 bits per heavy atom. The smallest absolute Gasteiger partial charge is 0.191 e. The summed E-state index contributed by atoms with van der Waals surface area (Å²) in [5.74, 6) is 1.52. The lowest BCUT2D eigenvalue weighted by Crippen LogP contribution is -2.72. The van der Waals surface area contributed by atoms with Crippen molar-refractivity contribution in [1.82, 2.24) is 20.4 Å². The standard InChI is InChI=1S/C22H29N5O.HI/c1-15(16-6-3-7-17(14-16)27-12-5-11-24-27)25-21(23-2)26-19-18-8-13-28-20(18)22(19)9-4-10-22;/h3,5-7,11-12,14-15,18-20H,4,8-10,13H2,1-2H3,(H2,23,25,26);1H. The molecule has 5 rings (SSSR count). The number of rotatable bonds is 4. The van der Waals surface area contributed by atoms with E-state index < -0.39 is 0 Å². The fourth-order valence-corrected chi connectivity index (χ4v) is 5.42. The van der Waals surface area contributed by atoms with Gasteiger partial charge in [-0.15, -0.1) is 24.0 Å². The van der Waals surface area contributed by atoms with E-state index in [0.717, 1.165) is 18.3 Å². The Labute approximate surface area is 189 Å². The highest BCUT2D eigenvalue weighted by Gasteiger charge is 2.66. The third-order valence-corrected chi connectivity index (χ3v) is 7.04. The Bertz CT molecular complexity index is 864. The number of guanidine groups is 1. The van der Waals surface area contributed by atoms with Gasteiger partial charge in [-0.3, -0.25) is 4.99 Å². The number of nitrogens with one attached hydrogen (secondary N) is 2. The van der Waals surface area contributed by atoms with Crippen LogP contribution in [0, 0.1) is 11.3 Å². The highest BCUT2D eigenvalue weighted by atomic mass is 127. The molecule has 3 aliphatic rings. The summed E-state index contributed by atoms with van der Waals surface area (Å²) in [5, 5.41) is 11.7. The minimum absolute atomic E-state index is 0. The summed E-state index contributed by atoms with van der Waals surface area (Å²) in [4.78, 5) is 4.52. The van der Waals surface area contributed by atoms with Crippen molar-refractivity contribution in [1.29, 1.82) is 0 Å². The van der Waals surface area contributed by atoms with E-state index in [1.54, 1.807) is 6.20 Å². The quantitative estimate of drug-likeness (QED) is 0.377. The molecule has 4 unspecified atom stereocenters. The van der Waals surface area contributed by atoms with Crippen molar-refractivity contribution in [3.63, 3.8) is 0 Å². The van der Waals surface area contributed by atoms with Crippen molar-refractivity contribution in [2.75, 3.05) is 13.7 Å². The van der Waals surface area contributed by atoms with E-state index in [4.69, 9.17) is 4.74 Å². The lowest BCUT2D eigenvalue weighted by molar-refractivity contribution is -0.171. The predicted molar refractivity (Wildman–Crippen MR) is 125 cm³/mol. The second kappa shape index (κ2) is 8.26. The zero-order chi connectivity index (χ0) is 19.1. The maximum absolute atomic E-state index is 6.05. The first-order chi connectivity index (χ1) is 13.7. The van der Waals surface area contributed by atoms with Crippen molar-refractivity contribution in [3.05, 3.63) is 48.3 Å². The topological polar surface area (TPSA) is 63.5 Å². The van der Waals surface area contributed by atoms with E-state index in [2.05, 4.69) is 51.9 Å². The van der Waals surface area contributed by atoms with Crippen LogP contribution in [0.25, 0.3) is 5.69 Å². The number of fused-ring (bicyclic) bond motifs is 2.